The Morgan fingerprint density at radius 1 is 1.08 bits per heavy atom. The summed E-state index contributed by atoms with van der Waals surface area (Å²) in [7, 11) is 1.74. The van der Waals surface area contributed by atoms with Gasteiger partial charge in [0.25, 0.3) is 0 Å². The highest BCUT2D eigenvalue weighted by molar-refractivity contribution is 5.88. The zero-order valence-corrected chi connectivity index (χ0v) is 14.0. The number of carbonyl (C=O) groups is 2. The molecule has 0 aliphatic rings. The van der Waals surface area contributed by atoms with E-state index in [0.29, 0.717) is 5.69 Å². The van der Waals surface area contributed by atoms with Crippen LogP contribution in [0.1, 0.15) is 31.0 Å². The smallest absolute Gasteiger partial charge is 0.227 e. The van der Waals surface area contributed by atoms with Crippen molar-refractivity contribution in [2.24, 2.45) is 0 Å². The van der Waals surface area contributed by atoms with Gasteiger partial charge in [0, 0.05) is 19.7 Å². The van der Waals surface area contributed by atoms with Crippen LogP contribution in [0.2, 0.25) is 0 Å². The van der Waals surface area contributed by atoms with Crippen molar-refractivity contribution in [3.63, 3.8) is 0 Å². The maximum Gasteiger partial charge on any atom is 0.227 e. The van der Waals surface area contributed by atoms with Crippen LogP contribution in [0.4, 0.5) is 10.1 Å². The highest BCUT2D eigenvalue weighted by Crippen LogP contribution is 2.20. The molecule has 1 atom stereocenters. The molecule has 24 heavy (non-hydrogen) atoms. The van der Waals surface area contributed by atoms with Gasteiger partial charge in [-0.3, -0.25) is 9.59 Å². The standard InChI is InChI=1S/C19H21FN2O2/c1-13(16-6-8-17(20)9-7-16)22(3)19(24)12-15-4-10-18(11-5-15)21-14(2)23/h4-11,13H,12H2,1-3H3,(H,21,23). The van der Waals surface area contributed by atoms with E-state index in [-0.39, 0.29) is 30.1 Å². The molecule has 2 amide bonds. The van der Waals surface area contributed by atoms with E-state index >= 15 is 0 Å². The second kappa shape index (κ2) is 7.73. The molecule has 0 aliphatic carbocycles. The van der Waals surface area contributed by atoms with E-state index in [2.05, 4.69) is 5.32 Å². The van der Waals surface area contributed by atoms with Crippen molar-refractivity contribution in [2.45, 2.75) is 26.3 Å². The quantitative estimate of drug-likeness (QED) is 0.912. The van der Waals surface area contributed by atoms with Gasteiger partial charge in [0.15, 0.2) is 0 Å². The number of halogens is 1. The number of anilines is 1. The predicted octanol–water partition coefficient (Wildman–Crippen LogP) is 3.55. The summed E-state index contributed by atoms with van der Waals surface area (Å²) in [5.41, 5.74) is 2.45. The highest BCUT2D eigenvalue weighted by Gasteiger charge is 2.17. The van der Waals surface area contributed by atoms with Crippen molar-refractivity contribution in [1.29, 1.82) is 0 Å². The zero-order chi connectivity index (χ0) is 17.7. The van der Waals surface area contributed by atoms with Gasteiger partial charge in [-0.1, -0.05) is 24.3 Å². The van der Waals surface area contributed by atoms with Gasteiger partial charge in [-0.2, -0.15) is 0 Å². The molecule has 0 saturated carbocycles. The lowest BCUT2D eigenvalue weighted by molar-refractivity contribution is -0.131. The molecule has 1 N–H and O–H groups in total. The molecule has 126 valence electrons. The van der Waals surface area contributed by atoms with E-state index in [0.717, 1.165) is 11.1 Å². The zero-order valence-electron chi connectivity index (χ0n) is 14.0. The van der Waals surface area contributed by atoms with Gasteiger partial charge in [0.2, 0.25) is 11.8 Å². The van der Waals surface area contributed by atoms with Crippen LogP contribution in [-0.4, -0.2) is 23.8 Å². The number of amides is 2. The Bertz CT molecular complexity index is 711. The maximum absolute atomic E-state index is 13.0. The average Bonchev–Trinajstić information content (AvgIpc) is 2.55. The minimum Gasteiger partial charge on any atom is -0.339 e. The minimum atomic E-state index is -0.292. The Morgan fingerprint density at radius 3 is 2.21 bits per heavy atom. The summed E-state index contributed by atoms with van der Waals surface area (Å²) in [5, 5.41) is 2.69. The largest absolute Gasteiger partial charge is 0.339 e. The first-order valence-corrected chi connectivity index (χ1v) is 7.74. The third-order valence-electron chi connectivity index (χ3n) is 3.96. The molecular formula is C19H21FN2O2. The fourth-order valence-corrected chi connectivity index (χ4v) is 2.39. The Labute approximate surface area is 141 Å². The number of nitrogens with zero attached hydrogens (tertiary/aromatic N) is 1. The molecule has 2 aromatic rings. The molecule has 2 rings (SSSR count). The Balaban J connectivity index is 2.00. The minimum absolute atomic E-state index is 0.0286. The van der Waals surface area contributed by atoms with Crippen molar-refractivity contribution < 1.29 is 14.0 Å². The van der Waals surface area contributed by atoms with Crippen molar-refractivity contribution in [3.8, 4) is 0 Å². The maximum atomic E-state index is 13.0. The van der Waals surface area contributed by atoms with Crippen LogP contribution in [0, 0.1) is 5.82 Å². The molecule has 4 nitrogen and oxygen atoms in total. The second-order valence-corrected chi connectivity index (χ2v) is 5.79. The normalized spacial score (nSPS) is 11.7. The van der Waals surface area contributed by atoms with Crippen LogP contribution < -0.4 is 5.32 Å². The van der Waals surface area contributed by atoms with E-state index < -0.39 is 0 Å². The fraction of sp³-hybridized carbons (Fsp3) is 0.263. The lowest BCUT2D eigenvalue weighted by Crippen LogP contribution is -2.30. The fourth-order valence-electron chi connectivity index (χ4n) is 2.39. The summed E-state index contributed by atoms with van der Waals surface area (Å²) in [6.07, 6.45) is 0.266. The molecule has 0 bridgehead atoms. The van der Waals surface area contributed by atoms with Crippen molar-refractivity contribution in [1.82, 2.24) is 4.90 Å². The molecule has 0 spiro atoms. The van der Waals surface area contributed by atoms with Crippen molar-refractivity contribution in [3.05, 3.63) is 65.5 Å². The summed E-state index contributed by atoms with van der Waals surface area (Å²) < 4.78 is 13.0. The summed E-state index contributed by atoms with van der Waals surface area (Å²) >= 11 is 0. The lowest BCUT2D eigenvalue weighted by Gasteiger charge is -2.25. The number of hydrogen-bond donors (Lipinski definition) is 1. The number of benzene rings is 2. The van der Waals surface area contributed by atoms with E-state index in [1.807, 2.05) is 19.1 Å². The summed E-state index contributed by atoms with van der Waals surface area (Å²) in [4.78, 5) is 25.1. The lowest BCUT2D eigenvalue weighted by atomic mass is 10.1. The molecule has 5 heteroatoms. The van der Waals surface area contributed by atoms with E-state index in [4.69, 9.17) is 0 Å². The van der Waals surface area contributed by atoms with Gasteiger partial charge in [-0.15, -0.1) is 0 Å². The number of likely N-dealkylation sites (N-methyl/N-ethyl adjacent to an activating group) is 1. The molecule has 0 radical (unpaired) electrons. The molecule has 0 heterocycles. The van der Waals surface area contributed by atoms with Crippen LogP contribution in [0.3, 0.4) is 0 Å². The number of nitrogens with one attached hydrogen (secondary N) is 1. The van der Waals surface area contributed by atoms with E-state index in [1.165, 1.54) is 19.1 Å². The molecule has 0 aliphatic heterocycles. The first-order chi connectivity index (χ1) is 11.4. The van der Waals surface area contributed by atoms with Crippen molar-refractivity contribution >= 4 is 17.5 Å². The molecular weight excluding hydrogens is 307 g/mol. The van der Waals surface area contributed by atoms with Crippen LogP contribution in [0.5, 0.6) is 0 Å². The molecule has 2 aromatic carbocycles. The second-order valence-electron chi connectivity index (χ2n) is 5.79. The van der Waals surface area contributed by atoms with Crippen LogP contribution in [0.15, 0.2) is 48.5 Å². The molecule has 0 fully saturated rings. The monoisotopic (exact) mass is 328 g/mol. The average molecular weight is 328 g/mol. The SMILES string of the molecule is CC(=O)Nc1ccc(CC(=O)N(C)C(C)c2ccc(F)cc2)cc1. The van der Waals surface area contributed by atoms with Gasteiger partial charge in [0.05, 0.1) is 12.5 Å². The summed E-state index contributed by atoms with van der Waals surface area (Å²) in [5.74, 6) is -0.454. The topological polar surface area (TPSA) is 49.4 Å². The highest BCUT2D eigenvalue weighted by atomic mass is 19.1. The Morgan fingerprint density at radius 2 is 1.67 bits per heavy atom. The van der Waals surface area contributed by atoms with Crippen LogP contribution in [-0.2, 0) is 16.0 Å². The van der Waals surface area contributed by atoms with Gasteiger partial charge < -0.3 is 10.2 Å². The van der Waals surface area contributed by atoms with Crippen molar-refractivity contribution in [2.75, 3.05) is 12.4 Å². The Hall–Kier alpha value is -2.69. The number of rotatable bonds is 5. The number of carbonyl (C=O) groups excluding carboxylic acids is 2. The van der Waals surface area contributed by atoms with Gasteiger partial charge in [-0.25, -0.2) is 4.39 Å². The first kappa shape index (κ1) is 17.7. The van der Waals surface area contributed by atoms with Crippen LogP contribution in [0.25, 0.3) is 0 Å². The summed E-state index contributed by atoms with van der Waals surface area (Å²) in [6, 6.07) is 13.2. The van der Waals surface area contributed by atoms with Gasteiger partial charge >= 0.3 is 0 Å². The van der Waals surface area contributed by atoms with E-state index in [9.17, 15) is 14.0 Å². The van der Waals surface area contributed by atoms with E-state index in [1.54, 1.807) is 36.2 Å². The number of hydrogen-bond acceptors (Lipinski definition) is 2. The Kier molecular flexibility index (Phi) is 5.68. The third kappa shape index (κ3) is 4.65. The molecule has 0 aromatic heterocycles. The van der Waals surface area contributed by atoms with Gasteiger partial charge in [-0.05, 0) is 42.3 Å². The summed E-state index contributed by atoms with van der Waals surface area (Å²) in [6.45, 7) is 3.36. The van der Waals surface area contributed by atoms with Crippen LogP contribution >= 0.6 is 0 Å². The molecule has 1 unspecified atom stereocenters. The van der Waals surface area contributed by atoms with Gasteiger partial charge in [0.1, 0.15) is 5.82 Å². The first-order valence-electron chi connectivity index (χ1n) is 7.74. The third-order valence-corrected chi connectivity index (χ3v) is 3.96. The predicted molar refractivity (Wildman–Crippen MR) is 92.0 cm³/mol. The molecule has 0 saturated heterocycles.